The van der Waals surface area contributed by atoms with Crippen LogP contribution in [0.3, 0.4) is 0 Å². The van der Waals surface area contributed by atoms with Crippen LogP contribution in [0.2, 0.25) is 5.15 Å². The summed E-state index contributed by atoms with van der Waals surface area (Å²) in [6, 6.07) is 7.82. The van der Waals surface area contributed by atoms with Crippen molar-refractivity contribution in [1.82, 2.24) is 15.6 Å². The molecule has 0 aliphatic rings. The number of hydrogen-bond acceptors (Lipinski definition) is 4. The van der Waals surface area contributed by atoms with E-state index in [1.807, 2.05) is 6.07 Å². The lowest BCUT2D eigenvalue weighted by molar-refractivity contribution is 0.599. The smallest absolute Gasteiger partial charge is 0.234 e. The van der Waals surface area contributed by atoms with Crippen LogP contribution in [0, 0.1) is 12.7 Å². The predicted molar refractivity (Wildman–Crippen MR) is 126 cm³/mol. The first kappa shape index (κ1) is 25.4. The molecule has 0 fully saturated rings. The molecule has 0 atom stereocenters. The zero-order valence-corrected chi connectivity index (χ0v) is 20.0. The quantitative estimate of drug-likeness (QED) is 0.202. The van der Waals surface area contributed by atoms with Crippen molar-refractivity contribution < 1.29 is 12.8 Å². The highest BCUT2D eigenvalue weighted by molar-refractivity contribution is 14.0. The maximum absolute atomic E-state index is 13.5. The van der Waals surface area contributed by atoms with Gasteiger partial charge in [0.2, 0.25) is 10.0 Å². The van der Waals surface area contributed by atoms with E-state index >= 15 is 0 Å². The van der Waals surface area contributed by atoms with Crippen LogP contribution >= 0.6 is 35.6 Å². The first-order valence-corrected chi connectivity index (χ1v) is 10.6. The fourth-order valence-corrected chi connectivity index (χ4v) is 3.36. The van der Waals surface area contributed by atoms with Gasteiger partial charge < -0.3 is 10.6 Å². The maximum Gasteiger partial charge on any atom is 0.234 e. The molecule has 0 saturated carbocycles. The SMILES string of the molecule is CN=C(NCCc1ccc(Cl)nc1)NCCS(=O)(=O)Nc1ccc(C)c(F)c1.I. The number of hydrogen-bond donors (Lipinski definition) is 3. The van der Waals surface area contributed by atoms with Crippen molar-refractivity contribution in [2.75, 3.05) is 30.6 Å². The average Bonchev–Trinajstić information content (AvgIpc) is 2.64. The summed E-state index contributed by atoms with van der Waals surface area (Å²) in [5, 5.41) is 6.47. The fraction of sp³-hybridized carbons (Fsp3) is 0.333. The molecule has 0 aliphatic heterocycles. The number of nitrogens with one attached hydrogen (secondary N) is 3. The second-order valence-electron chi connectivity index (χ2n) is 6.05. The Kier molecular flexibility index (Phi) is 10.6. The van der Waals surface area contributed by atoms with Crippen molar-refractivity contribution in [2.24, 2.45) is 4.99 Å². The highest BCUT2D eigenvalue weighted by atomic mass is 127. The Balaban J connectivity index is 0.00000420. The Hall–Kier alpha value is -1.66. The number of pyridine rings is 1. The van der Waals surface area contributed by atoms with Gasteiger partial charge in [-0.15, -0.1) is 24.0 Å². The molecule has 2 rings (SSSR count). The molecule has 11 heteroatoms. The number of anilines is 1. The number of aliphatic imine (C=N–C) groups is 1. The molecule has 29 heavy (non-hydrogen) atoms. The normalized spacial score (nSPS) is 11.5. The first-order valence-electron chi connectivity index (χ1n) is 8.60. The third kappa shape index (κ3) is 9.13. The number of aromatic nitrogens is 1. The van der Waals surface area contributed by atoms with Crippen LogP contribution in [0.5, 0.6) is 0 Å². The Labute approximate surface area is 192 Å². The molecule has 0 saturated heterocycles. The van der Waals surface area contributed by atoms with Gasteiger partial charge in [-0.2, -0.15) is 0 Å². The summed E-state index contributed by atoms with van der Waals surface area (Å²) >= 11 is 5.75. The number of sulfonamides is 1. The lowest BCUT2D eigenvalue weighted by Gasteiger charge is -2.13. The van der Waals surface area contributed by atoms with Crippen LogP contribution in [0.1, 0.15) is 11.1 Å². The minimum absolute atomic E-state index is 0. The van der Waals surface area contributed by atoms with Crippen molar-refractivity contribution in [3.05, 3.63) is 58.6 Å². The molecule has 3 N–H and O–H groups in total. The molecule has 1 aromatic heterocycles. The summed E-state index contributed by atoms with van der Waals surface area (Å²) in [4.78, 5) is 8.06. The lowest BCUT2D eigenvalue weighted by Crippen LogP contribution is -2.40. The summed E-state index contributed by atoms with van der Waals surface area (Å²) in [5.41, 5.74) is 1.67. The average molecular weight is 556 g/mol. The van der Waals surface area contributed by atoms with Gasteiger partial charge in [0.1, 0.15) is 11.0 Å². The van der Waals surface area contributed by atoms with Crippen LogP contribution in [0.4, 0.5) is 10.1 Å². The zero-order valence-electron chi connectivity index (χ0n) is 16.1. The minimum Gasteiger partial charge on any atom is -0.356 e. The third-order valence-electron chi connectivity index (χ3n) is 3.83. The second-order valence-corrected chi connectivity index (χ2v) is 8.28. The summed E-state index contributed by atoms with van der Waals surface area (Å²) in [7, 11) is -2.02. The predicted octanol–water partition coefficient (Wildman–Crippen LogP) is 2.95. The molecule has 0 aliphatic carbocycles. The highest BCUT2D eigenvalue weighted by Gasteiger charge is 2.11. The first-order chi connectivity index (χ1) is 13.3. The van der Waals surface area contributed by atoms with Crippen LogP contribution in [0.15, 0.2) is 41.5 Å². The van der Waals surface area contributed by atoms with E-state index < -0.39 is 15.8 Å². The van der Waals surface area contributed by atoms with Crippen molar-refractivity contribution in [2.45, 2.75) is 13.3 Å². The second kappa shape index (κ2) is 12.1. The van der Waals surface area contributed by atoms with Gasteiger partial charge in [-0.3, -0.25) is 9.71 Å². The standard InChI is InChI=1S/C18H23ClFN5O2S.HI/c1-13-3-5-15(11-16(13)20)25-28(26,27)10-9-23-18(21-2)22-8-7-14-4-6-17(19)24-12-14;/h3-6,11-12,25H,7-10H2,1-2H3,(H2,21,22,23);1H. The number of benzene rings is 1. The van der Waals surface area contributed by atoms with Crippen molar-refractivity contribution in [1.29, 1.82) is 0 Å². The fourth-order valence-electron chi connectivity index (χ4n) is 2.29. The van der Waals surface area contributed by atoms with Crippen LogP contribution in [-0.4, -0.2) is 45.3 Å². The number of halogens is 3. The molecule has 160 valence electrons. The number of rotatable bonds is 8. The van der Waals surface area contributed by atoms with Gasteiger partial charge in [-0.1, -0.05) is 23.7 Å². The van der Waals surface area contributed by atoms with E-state index in [1.54, 1.807) is 26.2 Å². The monoisotopic (exact) mass is 555 g/mol. The number of guanidine groups is 1. The Morgan fingerprint density at radius 2 is 1.93 bits per heavy atom. The minimum atomic E-state index is -3.62. The van der Waals surface area contributed by atoms with E-state index in [0.29, 0.717) is 29.6 Å². The van der Waals surface area contributed by atoms with Gasteiger partial charge in [-0.25, -0.2) is 17.8 Å². The Morgan fingerprint density at radius 1 is 1.21 bits per heavy atom. The third-order valence-corrected chi connectivity index (χ3v) is 5.34. The summed E-state index contributed by atoms with van der Waals surface area (Å²) in [5.74, 6) is -0.165. The summed E-state index contributed by atoms with van der Waals surface area (Å²) in [6.45, 7) is 2.35. The molecular weight excluding hydrogens is 532 g/mol. The van der Waals surface area contributed by atoms with Gasteiger partial charge in [0.15, 0.2) is 5.96 Å². The largest absolute Gasteiger partial charge is 0.356 e. The number of aryl methyl sites for hydroxylation is 1. The van der Waals surface area contributed by atoms with Crippen molar-refractivity contribution in [3.8, 4) is 0 Å². The van der Waals surface area contributed by atoms with Gasteiger partial charge in [-0.05, 0) is 42.7 Å². The van der Waals surface area contributed by atoms with Crippen LogP contribution in [0.25, 0.3) is 0 Å². The Morgan fingerprint density at radius 3 is 2.55 bits per heavy atom. The van der Waals surface area contributed by atoms with E-state index in [1.165, 1.54) is 12.1 Å². The molecule has 0 radical (unpaired) electrons. The summed E-state index contributed by atoms with van der Waals surface area (Å²) in [6.07, 6.45) is 2.41. The zero-order chi connectivity index (χ0) is 20.6. The van der Waals surface area contributed by atoms with Gasteiger partial charge in [0.25, 0.3) is 0 Å². The van der Waals surface area contributed by atoms with Gasteiger partial charge >= 0.3 is 0 Å². The van der Waals surface area contributed by atoms with E-state index in [0.717, 1.165) is 11.6 Å². The van der Waals surface area contributed by atoms with Gasteiger partial charge in [0.05, 0.1) is 11.4 Å². The molecule has 0 bridgehead atoms. The van der Waals surface area contributed by atoms with Crippen LogP contribution < -0.4 is 15.4 Å². The molecule has 0 amide bonds. The summed E-state index contributed by atoms with van der Waals surface area (Å²) < 4.78 is 40.2. The van der Waals surface area contributed by atoms with E-state index in [-0.39, 0.29) is 42.0 Å². The molecule has 7 nitrogen and oxygen atoms in total. The maximum atomic E-state index is 13.5. The highest BCUT2D eigenvalue weighted by Crippen LogP contribution is 2.14. The Bertz CT molecular complexity index is 926. The molecule has 0 spiro atoms. The topological polar surface area (TPSA) is 95.5 Å². The van der Waals surface area contributed by atoms with Crippen molar-refractivity contribution in [3.63, 3.8) is 0 Å². The molecule has 1 aromatic carbocycles. The van der Waals surface area contributed by atoms with Gasteiger partial charge in [0, 0.05) is 26.3 Å². The number of nitrogens with zero attached hydrogens (tertiary/aromatic N) is 2. The van der Waals surface area contributed by atoms with E-state index in [4.69, 9.17) is 11.6 Å². The molecule has 1 heterocycles. The molecule has 2 aromatic rings. The van der Waals surface area contributed by atoms with Crippen molar-refractivity contribution >= 4 is 57.2 Å². The molecule has 0 unspecified atom stereocenters. The van der Waals surface area contributed by atoms with Crippen LogP contribution in [-0.2, 0) is 16.4 Å². The van der Waals surface area contributed by atoms with E-state index in [2.05, 4.69) is 25.3 Å². The van der Waals surface area contributed by atoms with E-state index in [9.17, 15) is 12.8 Å². The molecular formula is C18H24ClFIN5O2S. The lowest BCUT2D eigenvalue weighted by atomic mass is 10.2.